The summed E-state index contributed by atoms with van der Waals surface area (Å²) in [7, 11) is 0. The highest BCUT2D eigenvalue weighted by Crippen LogP contribution is 2.13. The first-order valence-electron chi connectivity index (χ1n) is 9.16. The van der Waals surface area contributed by atoms with Gasteiger partial charge in [0.1, 0.15) is 5.21 Å². The summed E-state index contributed by atoms with van der Waals surface area (Å²) in [5.74, 6) is -2.00. The number of rotatable bonds is 7. The smallest absolute Gasteiger partial charge is 0.383 e. The van der Waals surface area contributed by atoms with Gasteiger partial charge in [0.25, 0.3) is 5.69 Å². The predicted octanol–water partition coefficient (Wildman–Crippen LogP) is 2.15. The van der Waals surface area contributed by atoms with Gasteiger partial charge in [-0.1, -0.05) is 41.0 Å². The van der Waals surface area contributed by atoms with Crippen LogP contribution in [-0.2, 0) is 11.3 Å². The fourth-order valence-electron chi connectivity index (χ4n) is 2.68. The van der Waals surface area contributed by atoms with Crippen LogP contribution in [0.5, 0.6) is 5.88 Å². The number of ether oxygens (including phenoxy) is 1. The van der Waals surface area contributed by atoms with E-state index in [0.29, 0.717) is 10.6 Å². The summed E-state index contributed by atoms with van der Waals surface area (Å²) in [5.41, 5.74) is 1.74. The Morgan fingerprint density at radius 3 is 2.60 bits per heavy atom. The Kier molecular flexibility index (Phi) is 6.58. The molecule has 0 bridgehead atoms. The zero-order valence-corrected chi connectivity index (χ0v) is 17.2. The van der Waals surface area contributed by atoms with E-state index in [2.05, 4.69) is 10.3 Å². The first-order valence-corrected chi connectivity index (χ1v) is 9.54. The zero-order valence-electron chi connectivity index (χ0n) is 16.4. The first kappa shape index (κ1) is 21.2. The highest BCUT2D eigenvalue weighted by Gasteiger charge is 2.29. The van der Waals surface area contributed by atoms with E-state index in [0.717, 1.165) is 20.6 Å². The molecular weight excluding hydrogens is 408 g/mol. The number of halogens is 1. The standard InChI is InChI=1S/C21H19ClN4O4/c1-3-30-21(29)19-20(28)26(23-12-16-7-5-4-6-14(16)2)24-25(19)13-18(27)15-8-10-17(22)11-9-15/h4-12H,3,13H2,1-2H3/b23-12+. The number of aromatic nitrogens is 3. The van der Waals surface area contributed by atoms with Crippen molar-refractivity contribution in [1.29, 1.82) is 0 Å². The summed E-state index contributed by atoms with van der Waals surface area (Å²) in [6.07, 6.45) is 1.46. The van der Waals surface area contributed by atoms with E-state index in [1.165, 1.54) is 6.21 Å². The molecule has 0 amide bonds. The summed E-state index contributed by atoms with van der Waals surface area (Å²) >= 11 is 5.85. The molecule has 2 aromatic carbocycles. The van der Waals surface area contributed by atoms with Crippen LogP contribution in [-0.4, -0.2) is 34.6 Å². The molecular formula is C21H19ClN4O4. The molecule has 154 valence electrons. The number of aryl methyl sites for hydroxylation is 1. The topological polar surface area (TPSA) is 100 Å². The van der Waals surface area contributed by atoms with Crippen molar-refractivity contribution >= 4 is 29.6 Å². The molecule has 1 aromatic heterocycles. The van der Waals surface area contributed by atoms with Crippen LogP contribution < -0.4 is 9.79 Å². The lowest BCUT2D eigenvalue weighted by atomic mass is 10.1. The van der Waals surface area contributed by atoms with Gasteiger partial charge < -0.3 is 9.84 Å². The van der Waals surface area contributed by atoms with Crippen molar-refractivity contribution in [3.63, 3.8) is 0 Å². The lowest BCUT2D eigenvalue weighted by Crippen LogP contribution is -2.45. The van der Waals surface area contributed by atoms with Gasteiger partial charge in [-0.15, -0.1) is 4.68 Å². The van der Waals surface area contributed by atoms with Crippen molar-refractivity contribution in [2.75, 3.05) is 6.61 Å². The summed E-state index contributed by atoms with van der Waals surface area (Å²) in [6.45, 7) is 3.25. The zero-order chi connectivity index (χ0) is 21.7. The van der Waals surface area contributed by atoms with Gasteiger partial charge in [-0.05, 0) is 54.0 Å². The molecule has 0 atom stereocenters. The van der Waals surface area contributed by atoms with Crippen LogP contribution in [0.15, 0.2) is 53.6 Å². The van der Waals surface area contributed by atoms with Crippen LogP contribution in [0.3, 0.4) is 0 Å². The van der Waals surface area contributed by atoms with Crippen molar-refractivity contribution in [2.45, 2.75) is 20.4 Å². The van der Waals surface area contributed by atoms with Crippen molar-refractivity contribution in [2.24, 2.45) is 5.10 Å². The van der Waals surface area contributed by atoms with Crippen LogP contribution in [0.25, 0.3) is 0 Å². The Bertz CT molecular complexity index is 1110. The number of hydrogen-bond acceptors (Lipinski definition) is 6. The van der Waals surface area contributed by atoms with Crippen molar-refractivity contribution in [3.8, 4) is 5.88 Å². The van der Waals surface area contributed by atoms with E-state index < -0.39 is 11.8 Å². The predicted molar refractivity (Wildman–Crippen MR) is 108 cm³/mol. The minimum atomic E-state index is -0.872. The van der Waals surface area contributed by atoms with Gasteiger partial charge in [-0.2, -0.15) is 0 Å². The van der Waals surface area contributed by atoms with E-state index in [9.17, 15) is 14.7 Å². The van der Waals surface area contributed by atoms with Crippen molar-refractivity contribution in [3.05, 3.63) is 75.9 Å². The van der Waals surface area contributed by atoms with Gasteiger partial charge >= 0.3 is 5.97 Å². The molecule has 0 spiro atoms. The number of carbonyl (C=O) groups excluding carboxylic acids is 2. The lowest BCUT2D eigenvalue weighted by Gasteiger charge is -2.03. The van der Waals surface area contributed by atoms with E-state index >= 15 is 0 Å². The van der Waals surface area contributed by atoms with Gasteiger partial charge in [0, 0.05) is 10.6 Å². The van der Waals surface area contributed by atoms with Crippen LogP contribution in [0.2, 0.25) is 5.02 Å². The summed E-state index contributed by atoms with van der Waals surface area (Å²) < 4.78 is 5.96. The number of nitrogens with zero attached hydrogens (tertiary/aromatic N) is 4. The second-order valence-electron chi connectivity index (χ2n) is 6.34. The molecule has 0 aliphatic carbocycles. The number of benzene rings is 2. The fraction of sp³-hybridized carbons (Fsp3) is 0.190. The maximum atomic E-state index is 12.7. The Morgan fingerprint density at radius 2 is 1.93 bits per heavy atom. The molecule has 0 aliphatic heterocycles. The fourth-order valence-corrected chi connectivity index (χ4v) is 2.81. The van der Waals surface area contributed by atoms with E-state index in [-0.39, 0.29) is 24.6 Å². The summed E-state index contributed by atoms with van der Waals surface area (Å²) in [5, 5.41) is 21.3. The molecule has 0 radical (unpaired) electrons. The third kappa shape index (κ3) is 4.72. The highest BCUT2D eigenvalue weighted by atomic mass is 35.5. The molecule has 0 fully saturated rings. The van der Waals surface area contributed by atoms with E-state index in [1.807, 2.05) is 31.2 Å². The number of ketones is 1. The van der Waals surface area contributed by atoms with Crippen molar-refractivity contribution < 1.29 is 24.1 Å². The Morgan fingerprint density at radius 1 is 1.23 bits per heavy atom. The van der Waals surface area contributed by atoms with Crippen LogP contribution in [0.1, 0.15) is 38.9 Å². The third-order valence-corrected chi connectivity index (χ3v) is 4.51. The van der Waals surface area contributed by atoms with E-state index in [1.54, 1.807) is 31.2 Å². The second kappa shape index (κ2) is 9.32. The highest BCUT2D eigenvalue weighted by molar-refractivity contribution is 6.30. The molecule has 0 aliphatic rings. The van der Waals surface area contributed by atoms with Gasteiger partial charge in [-0.25, -0.2) is 4.79 Å². The normalized spacial score (nSPS) is 11.0. The Labute approximate surface area is 178 Å². The average Bonchev–Trinajstić information content (AvgIpc) is 3.03. The molecule has 0 saturated heterocycles. The van der Waals surface area contributed by atoms with Crippen molar-refractivity contribution in [1.82, 2.24) is 10.0 Å². The minimum absolute atomic E-state index is 0.0705. The van der Waals surface area contributed by atoms with Crippen LogP contribution in [0, 0.1) is 6.92 Å². The number of carbonyl (C=O) groups is 2. The van der Waals surface area contributed by atoms with E-state index in [4.69, 9.17) is 16.3 Å². The number of Topliss-reactive ketones (excluding diaryl/α,β-unsaturated/α-hetero) is 1. The largest absolute Gasteiger partial charge is 0.836 e. The minimum Gasteiger partial charge on any atom is -0.836 e. The van der Waals surface area contributed by atoms with Gasteiger partial charge in [0.05, 0.1) is 12.8 Å². The first-order chi connectivity index (χ1) is 14.4. The van der Waals surface area contributed by atoms with Gasteiger partial charge in [0.2, 0.25) is 5.78 Å². The molecule has 0 N–H and O–H groups in total. The van der Waals surface area contributed by atoms with Gasteiger partial charge in [0.15, 0.2) is 12.4 Å². The molecule has 0 unspecified atom stereocenters. The Balaban J connectivity index is 1.95. The Hall–Kier alpha value is -3.52. The van der Waals surface area contributed by atoms with Gasteiger partial charge in [-0.3, -0.25) is 4.79 Å². The monoisotopic (exact) mass is 426 g/mol. The maximum absolute atomic E-state index is 12.7. The molecule has 0 saturated carbocycles. The molecule has 3 rings (SSSR count). The molecule has 8 nitrogen and oxygen atoms in total. The summed E-state index contributed by atoms with van der Waals surface area (Å²) in [6, 6.07) is 13.7. The number of hydrogen-bond donors (Lipinski definition) is 0. The molecule has 30 heavy (non-hydrogen) atoms. The van der Waals surface area contributed by atoms with Crippen LogP contribution in [0.4, 0.5) is 0 Å². The SMILES string of the molecule is CCOC(=O)c1c([O-])n(/N=C/c2ccccc2C)n[n+]1CC(=O)c1ccc(Cl)cc1. The summed E-state index contributed by atoms with van der Waals surface area (Å²) in [4.78, 5) is 25.7. The third-order valence-electron chi connectivity index (χ3n) is 4.26. The molecule has 1 heterocycles. The van der Waals surface area contributed by atoms with Crippen LogP contribution >= 0.6 is 11.6 Å². The lowest BCUT2D eigenvalue weighted by molar-refractivity contribution is -0.745. The average molecular weight is 427 g/mol. The quantitative estimate of drug-likeness (QED) is 0.249. The maximum Gasteiger partial charge on any atom is 0.383 e. The number of esters is 1. The second-order valence-corrected chi connectivity index (χ2v) is 6.78. The molecule has 3 aromatic rings. The molecule has 9 heteroatoms.